The predicted molar refractivity (Wildman–Crippen MR) is 88.4 cm³/mol. The Morgan fingerprint density at radius 3 is 2.32 bits per heavy atom. The highest BCUT2D eigenvalue weighted by atomic mass is 32.2. The fourth-order valence-electron chi connectivity index (χ4n) is 3.71. The van der Waals surface area contributed by atoms with E-state index in [9.17, 15) is 22.3 Å². The molecule has 6 nitrogen and oxygen atoms in total. The van der Waals surface area contributed by atoms with E-state index in [0.29, 0.717) is 26.2 Å². The predicted octanol–water partition coefficient (Wildman–Crippen LogP) is 0.563. The van der Waals surface area contributed by atoms with E-state index in [1.54, 1.807) is 12.1 Å². The number of fused-ring (bicyclic) bond motifs is 1. The van der Waals surface area contributed by atoms with Crippen LogP contribution < -0.4 is 4.74 Å². The summed E-state index contributed by atoms with van der Waals surface area (Å²) in [4.78, 5) is 4.18. The monoisotopic (exact) mass is 376 g/mol. The van der Waals surface area contributed by atoms with Crippen LogP contribution in [0.15, 0.2) is 24.3 Å². The molecule has 0 bridgehead atoms. The summed E-state index contributed by atoms with van der Waals surface area (Å²) in [6.45, 7) is -0.414. The molecule has 1 aromatic carbocycles. The minimum Gasteiger partial charge on any atom is -0.435 e. The third-order valence-corrected chi connectivity index (χ3v) is 6.53. The second-order valence-electron chi connectivity index (χ2n) is 6.46. The first-order valence-electron chi connectivity index (χ1n) is 8.21. The summed E-state index contributed by atoms with van der Waals surface area (Å²) in [6, 6.07) is 6.21. The van der Waals surface area contributed by atoms with Crippen molar-refractivity contribution in [3.05, 3.63) is 29.8 Å². The summed E-state index contributed by atoms with van der Waals surface area (Å²) in [5, 5.41) is 9.19. The van der Waals surface area contributed by atoms with Gasteiger partial charge in [-0.25, -0.2) is 8.42 Å². The van der Waals surface area contributed by atoms with Crippen molar-refractivity contribution < 1.29 is 27.0 Å². The molecular weight excluding hydrogens is 354 g/mol. The van der Waals surface area contributed by atoms with E-state index in [1.807, 2.05) is 4.90 Å². The quantitative estimate of drug-likeness (QED) is 0.783. The molecule has 2 fully saturated rings. The Bertz CT molecular complexity index is 684. The summed E-state index contributed by atoms with van der Waals surface area (Å²) in [5.41, 5.74) is 0.917. The van der Waals surface area contributed by atoms with Crippen LogP contribution in [-0.2, 0) is 16.4 Å². The number of halogens is 2. The number of piperazine rings is 1. The van der Waals surface area contributed by atoms with Gasteiger partial charge in [0.1, 0.15) is 5.75 Å². The lowest BCUT2D eigenvalue weighted by atomic mass is 10.0. The highest BCUT2D eigenvalue weighted by molar-refractivity contribution is 7.91. The molecule has 0 unspecified atom stereocenters. The van der Waals surface area contributed by atoms with Gasteiger partial charge >= 0.3 is 6.61 Å². The van der Waals surface area contributed by atoms with Gasteiger partial charge in [0.2, 0.25) is 0 Å². The standard InChI is InChI=1S/C16H22F2N2O4S/c17-16(18)24-13-3-1-12(2-4-13)9-20-6-5-19(7-8-21)14-10-25(22,23)11-15(14)20/h1-4,14-16,21H,5-11H2/t14-,15+/m1/s1. The Morgan fingerprint density at radius 1 is 1.12 bits per heavy atom. The molecule has 1 N–H and O–H groups in total. The molecule has 25 heavy (non-hydrogen) atoms. The minimum absolute atomic E-state index is 0.00880. The molecule has 2 aliphatic heterocycles. The Kier molecular flexibility index (Phi) is 5.57. The SMILES string of the molecule is O=S1(=O)C[C@@H]2[C@H](C1)N(Cc1ccc(OC(F)F)cc1)CCN2CCO. The molecule has 2 atom stereocenters. The van der Waals surface area contributed by atoms with E-state index in [-0.39, 0.29) is 35.9 Å². The molecule has 0 radical (unpaired) electrons. The van der Waals surface area contributed by atoms with Crippen LogP contribution in [0.2, 0.25) is 0 Å². The molecule has 0 aliphatic carbocycles. The average molecular weight is 376 g/mol. The maximum atomic E-state index is 12.2. The minimum atomic E-state index is -3.09. The van der Waals surface area contributed by atoms with Crippen molar-refractivity contribution in [3.63, 3.8) is 0 Å². The average Bonchev–Trinajstić information content (AvgIpc) is 2.87. The van der Waals surface area contributed by atoms with Gasteiger partial charge in [-0.1, -0.05) is 12.1 Å². The summed E-state index contributed by atoms with van der Waals surface area (Å²) < 4.78 is 52.9. The van der Waals surface area contributed by atoms with Gasteiger partial charge in [-0.15, -0.1) is 0 Å². The number of alkyl halides is 2. The van der Waals surface area contributed by atoms with Crippen molar-refractivity contribution in [2.75, 3.05) is 37.7 Å². The van der Waals surface area contributed by atoms with Crippen LogP contribution in [0.1, 0.15) is 5.56 Å². The number of hydrogen-bond donors (Lipinski definition) is 1. The van der Waals surface area contributed by atoms with Gasteiger partial charge in [-0.05, 0) is 17.7 Å². The molecule has 9 heteroatoms. The smallest absolute Gasteiger partial charge is 0.387 e. The van der Waals surface area contributed by atoms with Crippen LogP contribution in [0.25, 0.3) is 0 Å². The van der Waals surface area contributed by atoms with Gasteiger partial charge in [0.15, 0.2) is 9.84 Å². The van der Waals surface area contributed by atoms with Gasteiger partial charge < -0.3 is 9.84 Å². The second kappa shape index (κ2) is 7.53. The molecule has 0 spiro atoms. The number of rotatable bonds is 6. The van der Waals surface area contributed by atoms with Gasteiger partial charge in [0.25, 0.3) is 0 Å². The van der Waals surface area contributed by atoms with Gasteiger partial charge in [0.05, 0.1) is 18.1 Å². The molecule has 0 saturated carbocycles. The maximum absolute atomic E-state index is 12.2. The molecular formula is C16H22F2N2O4S. The summed E-state index contributed by atoms with van der Waals surface area (Å²) in [5.74, 6) is 0.342. The number of β-amino-alcohol motifs (C(OH)–C–C–N with tert-alkyl or cyclic N) is 1. The van der Waals surface area contributed by atoms with E-state index in [2.05, 4.69) is 9.64 Å². The van der Waals surface area contributed by atoms with E-state index in [0.717, 1.165) is 5.56 Å². The fourth-order valence-corrected chi connectivity index (χ4v) is 5.75. The van der Waals surface area contributed by atoms with Crippen LogP contribution in [0, 0.1) is 0 Å². The first-order valence-corrected chi connectivity index (χ1v) is 10.0. The van der Waals surface area contributed by atoms with Crippen molar-refractivity contribution in [1.29, 1.82) is 0 Å². The van der Waals surface area contributed by atoms with E-state index < -0.39 is 16.4 Å². The highest BCUT2D eigenvalue weighted by Crippen LogP contribution is 2.28. The summed E-state index contributed by atoms with van der Waals surface area (Å²) in [7, 11) is -3.09. The zero-order chi connectivity index (χ0) is 18.0. The normalized spacial score (nSPS) is 26.7. The summed E-state index contributed by atoms with van der Waals surface area (Å²) >= 11 is 0. The molecule has 3 rings (SSSR count). The number of benzene rings is 1. The van der Waals surface area contributed by atoms with Crippen LogP contribution >= 0.6 is 0 Å². The Labute approximate surface area is 145 Å². The molecule has 1 aromatic rings. The van der Waals surface area contributed by atoms with Crippen molar-refractivity contribution in [3.8, 4) is 5.75 Å². The zero-order valence-corrected chi connectivity index (χ0v) is 14.5. The van der Waals surface area contributed by atoms with Crippen molar-refractivity contribution in [1.82, 2.24) is 9.80 Å². The third kappa shape index (κ3) is 4.46. The van der Waals surface area contributed by atoms with E-state index in [1.165, 1.54) is 12.1 Å². The number of sulfone groups is 1. The number of aliphatic hydroxyl groups is 1. The zero-order valence-electron chi connectivity index (χ0n) is 13.7. The lowest BCUT2D eigenvalue weighted by molar-refractivity contribution is -0.0498. The lowest BCUT2D eigenvalue weighted by Crippen LogP contribution is -2.59. The first kappa shape index (κ1) is 18.5. The van der Waals surface area contributed by atoms with Crippen molar-refractivity contribution >= 4 is 9.84 Å². The molecule has 0 aromatic heterocycles. The molecule has 2 saturated heterocycles. The number of ether oxygens (including phenoxy) is 1. The van der Waals surface area contributed by atoms with Crippen LogP contribution in [0.3, 0.4) is 0 Å². The van der Waals surface area contributed by atoms with Crippen LogP contribution in [0.4, 0.5) is 8.78 Å². The Morgan fingerprint density at radius 2 is 1.72 bits per heavy atom. The molecule has 2 heterocycles. The van der Waals surface area contributed by atoms with Crippen molar-refractivity contribution in [2.45, 2.75) is 25.2 Å². The number of hydrogen-bond acceptors (Lipinski definition) is 6. The Balaban J connectivity index is 1.70. The van der Waals surface area contributed by atoms with E-state index in [4.69, 9.17) is 0 Å². The Hall–Kier alpha value is -1.29. The van der Waals surface area contributed by atoms with Crippen LogP contribution in [0.5, 0.6) is 5.75 Å². The fraction of sp³-hybridized carbons (Fsp3) is 0.625. The molecule has 0 amide bonds. The van der Waals surface area contributed by atoms with Crippen molar-refractivity contribution in [2.24, 2.45) is 0 Å². The highest BCUT2D eigenvalue weighted by Gasteiger charge is 2.46. The lowest BCUT2D eigenvalue weighted by Gasteiger charge is -2.43. The topological polar surface area (TPSA) is 70.1 Å². The first-order chi connectivity index (χ1) is 11.9. The molecule has 2 aliphatic rings. The van der Waals surface area contributed by atoms with Gasteiger partial charge in [0, 0.05) is 38.3 Å². The summed E-state index contributed by atoms with van der Waals surface area (Å²) in [6.07, 6.45) is 0. The third-order valence-electron chi connectivity index (χ3n) is 4.83. The number of aliphatic hydroxyl groups excluding tert-OH is 1. The molecule has 140 valence electrons. The van der Waals surface area contributed by atoms with Crippen LogP contribution in [-0.4, -0.2) is 79.8 Å². The number of nitrogens with zero attached hydrogens (tertiary/aromatic N) is 2. The van der Waals surface area contributed by atoms with Gasteiger partial charge in [-0.2, -0.15) is 8.78 Å². The van der Waals surface area contributed by atoms with Gasteiger partial charge in [-0.3, -0.25) is 9.80 Å². The van der Waals surface area contributed by atoms with E-state index >= 15 is 0 Å². The maximum Gasteiger partial charge on any atom is 0.387 e. The largest absolute Gasteiger partial charge is 0.435 e. The second-order valence-corrected chi connectivity index (χ2v) is 8.62.